The van der Waals surface area contributed by atoms with Gasteiger partial charge in [0.15, 0.2) is 6.10 Å². The third kappa shape index (κ3) is 4.54. The Morgan fingerprint density at radius 1 is 1.18 bits per heavy atom. The van der Waals surface area contributed by atoms with Gasteiger partial charge in [-0.05, 0) is 47.9 Å². The Morgan fingerprint density at radius 3 is 2.56 bits per heavy atom. The molecule has 0 spiro atoms. The summed E-state index contributed by atoms with van der Waals surface area (Å²) in [6, 6.07) is 13.9. The minimum atomic E-state index is -3.61. The number of anilines is 1. The first-order chi connectivity index (χ1) is 16.1. The van der Waals surface area contributed by atoms with E-state index in [9.17, 15) is 27.1 Å². The summed E-state index contributed by atoms with van der Waals surface area (Å²) in [4.78, 5) is 12.1. The molecule has 3 aromatic carbocycles. The predicted octanol–water partition coefficient (Wildman–Crippen LogP) is 5.07. The van der Waals surface area contributed by atoms with Gasteiger partial charge in [-0.15, -0.1) is 0 Å². The molecule has 4 rings (SSSR count). The zero-order valence-corrected chi connectivity index (χ0v) is 19.0. The monoisotopic (exact) mass is 489 g/mol. The molecule has 0 saturated heterocycles. The number of carboxylic acid groups (broad SMARTS) is 1. The van der Waals surface area contributed by atoms with Crippen molar-refractivity contribution in [1.29, 1.82) is 0 Å². The van der Waals surface area contributed by atoms with Crippen molar-refractivity contribution >= 4 is 21.7 Å². The number of fused-ring (bicyclic) bond motifs is 3. The SMILES string of the molecule is CCc1cccc(C(=O)O)c1C1Oc2cccc(OC(F)F)c2-c2ccc(NS(C)(=O)=O)cc21. The number of halogens is 2. The number of carbonyl (C=O) groups is 1. The lowest BCUT2D eigenvalue weighted by Crippen LogP contribution is -2.21. The second kappa shape index (κ2) is 8.94. The molecule has 0 fully saturated rings. The summed E-state index contributed by atoms with van der Waals surface area (Å²) >= 11 is 0. The highest BCUT2D eigenvalue weighted by Crippen LogP contribution is 2.50. The Balaban J connectivity index is 2.00. The van der Waals surface area contributed by atoms with Gasteiger partial charge < -0.3 is 14.6 Å². The maximum absolute atomic E-state index is 13.1. The summed E-state index contributed by atoms with van der Waals surface area (Å²) in [5.74, 6) is -1.03. The number of hydrogen-bond acceptors (Lipinski definition) is 5. The molecule has 1 atom stereocenters. The third-order valence-corrected chi connectivity index (χ3v) is 6.03. The van der Waals surface area contributed by atoms with Crippen LogP contribution < -0.4 is 14.2 Å². The van der Waals surface area contributed by atoms with Gasteiger partial charge in [0.05, 0.1) is 17.4 Å². The minimum absolute atomic E-state index is 0.0280. The van der Waals surface area contributed by atoms with E-state index in [4.69, 9.17) is 9.47 Å². The molecule has 7 nitrogen and oxygen atoms in total. The molecule has 2 N–H and O–H groups in total. The van der Waals surface area contributed by atoms with E-state index in [2.05, 4.69) is 4.72 Å². The Kier molecular flexibility index (Phi) is 6.18. The third-order valence-electron chi connectivity index (χ3n) is 5.43. The van der Waals surface area contributed by atoms with Crippen LogP contribution in [0, 0.1) is 0 Å². The standard InChI is InChI=1S/C24H21F2NO6S/c1-3-13-6-4-7-16(23(28)29)20(13)22-17-12-14(27-34(2,30)31)10-11-15(17)21-18(32-22)8-5-9-19(21)33-24(25)26/h4-12,22,24,27H,3H2,1-2H3,(H,28,29). The van der Waals surface area contributed by atoms with Crippen molar-refractivity contribution in [3.8, 4) is 22.6 Å². The second-order valence-corrected chi connectivity index (χ2v) is 9.47. The quantitative estimate of drug-likeness (QED) is 0.481. The topological polar surface area (TPSA) is 102 Å². The van der Waals surface area contributed by atoms with Crippen molar-refractivity contribution in [2.75, 3.05) is 11.0 Å². The summed E-state index contributed by atoms with van der Waals surface area (Å²) in [6.07, 6.45) is 0.570. The molecule has 3 aromatic rings. The van der Waals surface area contributed by atoms with Crippen LogP contribution in [0.15, 0.2) is 54.6 Å². The predicted molar refractivity (Wildman–Crippen MR) is 122 cm³/mol. The molecule has 1 aliphatic rings. The lowest BCUT2D eigenvalue weighted by Gasteiger charge is -2.32. The maximum Gasteiger partial charge on any atom is 0.387 e. The highest BCUT2D eigenvalue weighted by atomic mass is 32.2. The van der Waals surface area contributed by atoms with Crippen molar-refractivity contribution in [2.24, 2.45) is 0 Å². The van der Waals surface area contributed by atoms with Gasteiger partial charge in [0.2, 0.25) is 10.0 Å². The number of nitrogens with one attached hydrogen (secondary N) is 1. The zero-order valence-electron chi connectivity index (χ0n) is 18.2. The van der Waals surface area contributed by atoms with Crippen LogP contribution in [0.3, 0.4) is 0 Å². The van der Waals surface area contributed by atoms with E-state index in [1.165, 1.54) is 30.3 Å². The summed E-state index contributed by atoms with van der Waals surface area (Å²) in [7, 11) is -3.61. The molecule has 1 heterocycles. The average Bonchev–Trinajstić information content (AvgIpc) is 2.76. The first kappa shape index (κ1) is 23.5. The molecule has 0 radical (unpaired) electrons. The number of carboxylic acids is 1. The van der Waals surface area contributed by atoms with Crippen molar-refractivity contribution in [2.45, 2.75) is 26.1 Å². The molecule has 0 aromatic heterocycles. The number of ether oxygens (including phenoxy) is 2. The van der Waals surface area contributed by atoms with E-state index in [1.54, 1.807) is 24.3 Å². The summed E-state index contributed by atoms with van der Waals surface area (Å²) in [5.41, 5.74) is 2.52. The zero-order chi connectivity index (χ0) is 24.6. The van der Waals surface area contributed by atoms with Crippen molar-refractivity contribution in [3.63, 3.8) is 0 Å². The fourth-order valence-corrected chi connectivity index (χ4v) is 4.73. The second-order valence-electron chi connectivity index (χ2n) is 7.72. The first-order valence-corrected chi connectivity index (χ1v) is 12.2. The molecule has 0 aliphatic carbocycles. The number of alkyl halides is 2. The van der Waals surface area contributed by atoms with Crippen LogP contribution in [0.5, 0.6) is 11.5 Å². The van der Waals surface area contributed by atoms with Gasteiger partial charge >= 0.3 is 12.6 Å². The maximum atomic E-state index is 13.1. The smallest absolute Gasteiger partial charge is 0.387 e. The number of aromatic carboxylic acids is 1. The lowest BCUT2D eigenvalue weighted by atomic mass is 9.85. The Hall–Kier alpha value is -3.66. The lowest BCUT2D eigenvalue weighted by molar-refractivity contribution is -0.0496. The average molecular weight is 489 g/mol. The fourth-order valence-electron chi connectivity index (χ4n) is 4.18. The summed E-state index contributed by atoms with van der Waals surface area (Å²) in [6.45, 7) is -1.20. The van der Waals surface area contributed by atoms with E-state index < -0.39 is 28.7 Å². The van der Waals surface area contributed by atoms with Crippen LogP contribution in [0.1, 0.15) is 40.1 Å². The summed E-state index contributed by atoms with van der Waals surface area (Å²) in [5, 5.41) is 9.86. The molecule has 1 aliphatic heterocycles. The number of benzene rings is 3. The largest absolute Gasteiger partial charge is 0.480 e. The number of hydrogen-bond donors (Lipinski definition) is 2. The van der Waals surface area contributed by atoms with Gasteiger partial charge in [-0.3, -0.25) is 4.72 Å². The van der Waals surface area contributed by atoms with Crippen LogP contribution in [0.4, 0.5) is 14.5 Å². The fraction of sp³-hybridized carbons (Fsp3) is 0.208. The van der Waals surface area contributed by atoms with E-state index >= 15 is 0 Å². The molecule has 34 heavy (non-hydrogen) atoms. The molecular weight excluding hydrogens is 468 g/mol. The van der Waals surface area contributed by atoms with Crippen LogP contribution in [-0.2, 0) is 16.4 Å². The minimum Gasteiger partial charge on any atom is -0.480 e. The number of sulfonamides is 1. The van der Waals surface area contributed by atoms with Gasteiger partial charge in [-0.25, -0.2) is 13.2 Å². The van der Waals surface area contributed by atoms with Crippen molar-refractivity contribution < 1.29 is 36.6 Å². The number of aryl methyl sites for hydroxylation is 1. The highest BCUT2D eigenvalue weighted by molar-refractivity contribution is 7.92. The van der Waals surface area contributed by atoms with Crippen molar-refractivity contribution in [3.05, 3.63) is 76.9 Å². The first-order valence-electron chi connectivity index (χ1n) is 10.3. The van der Waals surface area contributed by atoms with Crippen molar-refractivity contribution in [1.82, 2.24) is 0 Å². The normalized spacial score (nSPS) is 14.7. The van der Waals surface area contributed by atoms with Gasteiger partial charge in [-0.2, -0.15) is 8.78 Å². The molecule has 10 heteroatoms. The summed E-state index contributed by atoms with van der Waals surface area (Å²) < 4.78 is 63.1. The van der Waals surface area contributed by atoms with E-state index in [-0.39, 0.29) is 28.3 Å². The Morgan fingerprint density at radius 2 is 1.91 bits per heavy atom. The number of rotatable bonds is 7. The van der Waals surface area contributed by atoms with Crippen LogP contribution >= 0.6 is 0 Å². The van der Waals surface area contributed by atoms with E-state index in [1.807, 2.05) is 6.92 Å². The van der Waals surface area contributed by atoms with E-state index in [0.29, 0.717) is 23.1 Å². The van der Waals surface area contributed by atoms with Gasteiger partial charge in [0.1, 0.15) is 11.5 Å². The molecule has 0 amide bonds. The van der Waals surface area contributed by atoms with Crippen LogP contribution in [0.2, 0.25) is 0 Å². The van der Waals surface area contributed by atoms with Gasteiger partial charge in [0.25, 0.3) is 0 Å². The van der Waals surface area contributed by atoms with Gasteiger partial charge in [-0.1, -0.05) is 31.2 Å². The molecular formula is C24H21F2NO6S. The molecule has 0 bridgehead atoms. The Labute approximate surface area is 195 Å². The highest BCUT2D eigenvalue weighted by Gasteiger charge is 2.34. The Bertz CT molecular complexity index is 1370. The molecule has 178 valence electrons. The van der Waals surface area contributed by atoms with E-state index in [0.717, 1.165) is 11.8 Å². The van der Waals surface area contributed by atoms with Gasteiger partial charge in [0, 0.05) is 16.8 Å². The van der Waals surface area contributed by atoms with Crippen LogP contribution in [0.25, 0.3) is 11.1 Å². The molecule has 1 unspecified atom stereocenters. The molecule has 0 saturated carbocycles. The van der Waals surface area contributed by atoms with Crippen LogP contribution in [-0.4, -0.2) is 32.4 Å².